The molecule has 0 aliphatic carbocycles. The lowest BCUT2D eigenvalue weighted by molar-refractivity contribution is 1.24. The highest BCUT2D eigenvalue weighted by Crippen LogP contribution is 2.28. The number of aromatic nitrogens is 2. The minimum Gasteiger partial charge on any atom is -0.366 e. The van der Waals surface area contributed by atoms with Gasteiger partial charge in [0.2, 0.25) is 0 Å². The van der Waals surface area contributed by atoms with Gasteiger partial charge in [0, 0.05) is 24.2 Å². The van der Waals surface area contributed by atoms with Crippen LogP contribution in [0, 0.1) is 18.3 Å². The highest BCUT2D eigenvalue weighted by Gasteiger charge is 2.09. The number of hydrogen-bond acceptors (Lipinski definition) is 2. The second-order valence-electron chi connectivity index (χ2n) is 4.26. The summed E-state index contributed by atoms with van der Waals surface area (Å²) in [5, 5.41) is 11.5. The third-order valence-electron chi connectivity index (χ3n) is 3.12. The summed E-state index contributed by atoms with van der Waals surface area (Å²) in [4.78, 5) is 7.21. The molecule has 3 heteroatoms. The molecule has 0 aliphatic rings. The Morgan fingerprint density at radius 3 is 2.83 bits per heavy atom. The first kappa shape index (κ1) is 10.5. The number of rotatable bonds is 1. The maximum absolute atomic E-state index is 9.16. The first-order valence-corrected chi connectivity index (χ1v) is 5.72. The molecule has 0 saturated carbocycles. The molecule has 0 unspecified atom stereocenters. The van der Waals surface area contributed by atoms with Gasteiger partial charge < -0.3 is 4.98 Å². The molecule has 0 radical (unpaired) electrons. The van der Waals surface area contributed by atoms with Crippen LogP contribution in [-0.4, -0.2) is 9.97 Å². The number of aromatic amines is 1. The molecule has 3 aromatic rings. The fraction of sp³-hybridized carbons (Fsp3) is 0.0667. The summed E-state index contributed by atoms with van der Waals surface area (Å²) in [7, 11) is 0. The van der Waals surface area contributed by atoms with E-state index >= 15 is 0 Å². The molecule has 18 heavy (non-hydrogen) atoms. The summed E-state index contributed by atoms with van der Waals surface area (Å²) in [6.45, 7) is 2.00. The van der Waals surface area contributed by atoms with Gasteiger partial charge >= 0.3 is 0 Å². The number of H-pyrrole nitrogens is 1. The Hall–Kier alpha value is -2.60. The maximum atomic E-state index is 9.16. The van der Waals surface area contributed by atoms with Crippen molar-refractivity contribution in [3.8, 4) is 17.2 Å². The fourth-order valence-corrected chi connectivity index (χ4v) is 2.22. The summed E-state index contributed by atoms with van der Waals surface area (Å²) in [6.07, 6.45) is 5.59. The summed E-state index contributed by atoms with van der Waals surface area (Å²) < 4.78 is 0. The van der Waals surface area contributed by atoms with E-state index in [4.69, 9.17) is 5.26 Å². The van der Waals surface area contributed by atoms with Crippen molar-refractivity contribution < 1.29 is 0 Å². The van der Waals surface area contributed by atoms with Crippen LogP contribution in [0.3, 0.4) is 0 Å². The molecule has 0 amide bonds. The Kier molecular flexibility index (Phi) is 2.35. The standard InChI is InChI=1S/C15H11N3/c1-10-4-5-18-14(7-16)15(10)11-2-3-12-8-17-9-13(12)6-11/h2-6,8-9,17H,1H3. The predicted molar refractivity (Wildman–Crippen MR) is 71.0 cm³/mol. The molecule has 86 valence electrons. The molecular formula is C15H11N3. The van der Waals surface area contributed by atoms with Gasteiger partial charge in [-0.1, -0.05) is 12.1 Å². The smallest absolute Gasteiger partial charge is 0.148 e. The Morgan fingerprint density at radius 1 is 1.17 bits per heavy atom. The van der Waals surface area contributed by atoms with E-state index < -0.39 is 0 Å². The Labute approximate surface area is 105 Å². The lowest BCUT2D eigenvalue weighted by atomic mass is 9.98. The zero-order valence-electron chi connectivity index (χ0n) is 9.94. The fourth-order valence-electron chi connectivity index (χ4n) is 2.22. The number of fused-ring (bicyclic) bond motifs is 1. The van der Waals surface area contributed by atoms with Gasteiger partial charge in [-0.25, -0.2) is 4.98 Å². The third-order valence-corrected chi connectivity index (χ3v) is 3.12. The lowest BCUT2D eigenvalue weighted by Gasteiger charge is -2.07. The molecule has 0 spiro atoms. The van der Waals surface area contributed by atoms with Crippen LogP contribution in [-0.2, 0) is 0 Å². The topological polar surface area (TPSA) is 52.5 Å². The number of nitriles is 1. The molecule has 0 aliphatic heterocycles. The Bertz CT molecular complexity index is 763. The first-order valence-electron chi connectivity index (χ1n) is 5.72. The van der Waals surface area contributed by atoms with Gasteiger partial charge in [0.25, 0.3) is 0 Å². The number of hydrogen-bond donors (Lipinski definition) is 1. The minimum atomic E-state index is 0.477. The van der Waals surface area contributed by atoms with E-state index in [-0.39, 0.29) is 0 Å². The largest absolute Gasteiger partial charge is 0.366 e. The normalized spacial score (nSPS) is 10.4. The second-order valence-corrected chi connectivity index (χ2v) is 4.26. The van der Waals surface area contributed by atoms with Gasteiger partial charge in [0.1, 0.15) is 11.8 Å². The van der Waals surface area contributed by atoms with Crippen LogP contribution in [0.15, 0.2) is 42.9 Å². The van der Waals surface area contributed by atoms with Gasteiger partial charge in [-0.3, -0.25) is 0 Å². The van der Waals surface area contributed by atoms with Crippen LogP contribution in [0.4, 0.5) is 0 Å². The second kappa shape index (κ2) is 4.01. The van der Waals surface area contributed by atoms with Crippen LogP contribution in [0.2, 0.25) is 0 Å². The molecule has 0 bridgehead atoms. The zero-order chi connectivity index (χ0) is 12.5. The maximum Gasteiger partial charge on any atom is 0.148 e. The van der Waals surface area contributed by atoms with Crippen LogP contribution >= 0.6 is 0 Å². The zero-order valence-corrected chi connectivity index (χ0v) is 9.94. The summed E-state index contributed by atoms with van der Waals surface area (Å²) in [5.74, 6) is 0. The molecule has 3 rings (SSSR count). The molecule has 1 aromatic carbocycles. The Balaban J connectivity index is 2.29. The van der Waals surface area contributed by atoms with E-state index in [2.05, 4.69) is 28.2 Å². The quantitative estimate of drug-likeness (QED) is 0.700. The van der Waals surface area contributed by atoms with E-state index in [1.165, 1.54) is 5.39 Å². The van der Waals surface area contributed by atoms with Gasteiger partial charge in [0.15, 0.2) is 0 Å². The summed E-state index contributed by atoms with van der Waals surface area (Å²) in [6, 6.07) is 10.2. The number of benzene rings is 1. The predicted octanol–water partition coefficient (Wildman–Crippen LogP) is 3.41. The van der Waals surface area contributed by atoms with Crippen LogP contribution in [0.5, 0.6) is 0 Å². The number of aryl methyl sites for hydroxylation is 1. The van der Waals surface area contributed by atoms with Crippen molar-refractivity contribution in [1.29, 1.82) is 5.26 Å². The van der Waals surface area contributed by atoms with Crippen molar-refractivity contribution in [2.24, 2.45) is 0 Å². The van der Waals surface area contributed by atoms with Crippen molar-refractivity contribution in [3.05, 3.63) is 54.1 Å². The van der Waals surface area contributed by atoms with Gasteiger partial charge in [-0.2, -0.15) is 5.26 Å². The number of nitrogens with one attached hydrogen (secondary N) is 1. The molecule has 1 N–H and O–H groups in total. The summed E-state index contributed by atoms with van der Waals surface area (Å²) >= 11 is 0. The van der Waals surface area contributed by atoms with Crippen molar-refractivity contribution >= 4 is 10.8 Å². The van der Waals surface area contributed by atoms with E-state index in [1.807, 2.05) is 31.5 Å². The van der Waals surface area contributed by atoms with Crippen LogP contribution in [0.1, 0.15) is 11.3 Å². The van der Waals surface area contributed by atoms with Crippen LogP contribution < -0.4 is 0 Å². The molecule has 2 aromatic heterocycles. The average molecular weight is 233 g/mol. The van der Waals surface area contributed by atoms with Crippen LogP contribution in [0.25, 0.3) is 21.9 Å². The van der Waals surface area contributed by atoms with E-state index in [0.717, 1.165) is 22.1 Å². The van der Waals surface area contributed by atoms with Crippen molar-refractivity contribution in [2.75, 3.05) is 0 Å². The molecule has 0 fully saturated rings. The highest BCUT2D eigenvalue weighted by atomic mass is 14.7. The third kappa shape index (κ3) is 1.56. The molecule has 2 heterocycles. The molecule has 0 saturated heterocycles. The lowest BCUT2D eigenvalue weighted by Crippen LogP contribution is -1.91. The van der Waals surface area contributed by atoms with Gasteiger partial charge in [0.05, 0.1) is 0 Å². The first-order chi connectivity index (χ1) is 8.79. The van der Waals surface area contributed by atoms with Crippen molar-refractivity contribution in [3.63, 3.8) is 0 Å². The van der Waals surface area contributed by atoms with Crippen molar-refractivity contribution in [2.45, 2.75) is 6.92 Å². The Morgan fingerprint density at radius 2 is 2.00 bits per heavy atom. The molecule has 0 atom stereocenters. The van der Waals surface area contributed by atoms with E-state index in [0.29, 0.717) is 5.69 Å². The summed E-state index contributed by atoms with van der Waals surface area (Å²) in [5.41, 5.74) is 3.49. The van der Waals surface area contributed by atoms with Gasteiger partial charge in [-0.15, -0.1) is 0 Å². The average Bonchev–Trinajstić information content (AvgIpc) is 2.85. The number of nitrogens with zero attached hydrogens (tertiary/aromatic N) is 2. The van der Waals surface area contributed by atoms with Gasteiger partial charge in [-0.05, 0) is 41.0 Å². The monoisotopic (exact) mass is 233 g/mol. The SMILES string of the molecule is Cc1ccnc(C#N)c1-c1ccc2c[nH]cc2c1. The molecule has 3 nitrogen and oxygen atoms in total. The number of pyridine rings is 1. The van der Waals surface area contributed by atoms with E-state index in [9.17, 15) is 0 Å². The molecular weight excluding hydrogens is 222 g/mol. The minimum absolute atomic E-state index is 0.477. The highest BCUT2D eigenvalue weighted by molar-refractivity contribution is 5.88. The van der Waals surface area contributed by atoms with E-state index in [1.54, 1.807) is 6.20 Å². The van der Waals surface area contributed by atoms with Crippen molar-refractivity contribution in [1.82, 2.24) is 9.97 Å².